The molecule has 0 unspecified atom stereocenters. The zero-order valence-corrected chi connectivity index (χ0v) is 11.8. The van der Waals surface area contributed by atoms with E-state index >= 15 is 0 Å². The molecule has 0 radical (unpaired) electrons. The van der Waals surface area contributed by atoms with Crippen LogP contribution in [0.25, 0.3) is 0 Å². The van der Waals surface area contributed by atoms with Gasteiger partial charge in [0.1, 0.15) is 0 Å². The predicted octanol–water partition coefficient (Wildman–Crippen LogP) is 0.903. The number of hydrogen-bond donors (Lipinski definition) is 0. The minimum absolute atomic E-state index is 0. The van der Waals surface area contributed by atoms with E-state index in [4.69, 9.17) is 17.7 Å². The molecule has 0 aromatic heterocycles. The zero-order chi connectivity index (χ0) is 10.2. The number of rotatable bonds is 8. The first-order chi connectivity index (χ1) is 6.24. The Labute approximate surface area is 104 Å². The van der Waals surface area contributed by atoms with Crippen LogP contribution in [-0.2, 0) is 34.8 Å². The topological polar surface area (TPSA) is 68.4 Å². The maximum absolute atomic E-state index is 5.39. The van der Waals surface area contributed by atoms with Gasteiger partial charge in [0.05, 0.1) is 0 Å². The summed E-state index contributed by atoms with van der Waals surface area (Å²) >= 11 is 0. The van der Waals surface area contributed by atoms with E-state index in [-0.39, 0.29) is 22.5 Å². The van der Waals surface area contributed by atoms with Crippen LogP contribution in [0.5, 0.6) is 0 Å². The predicted molar refractivity (Wildman–Crippen MR) is 55.3 cm³/mol. The molecule has 15 heavy (non-hydrogen) atoms. The van der Waals surface area contributed by atoms with Gasteiger partial charge in [0.25, 0.3) is 0 Å². The van der Waals surface area contributed by atoms with Crippen molar-refractivity contribution in [2.24, 2.45) is 0 Å². The minimum Gasteiger partial charge on any atom is -0.530 e. The molecular weight excluding hydrogens is 260 g/mol. The van der Waals surface area contributed by atoms with Crippen molar-refractivity contribution in [3.8, 4) is 0 Å². The van der Waals surface area contributed by atoms with E-state index in [1.165, 1.54) is 0 Å². The summed E-state index contributed by atoms with van der Waals surface area (Å²) in [5.74, 6) is 0. The molecule has 0 atom stereocenters. The van der Waals surface area contributed by atoms with Gasteiger partial charge in [-0.1, -0.05) is 0 Å². The van der Waals surface area contributed by atoms with E-state index in [1.807, 2.05) is 20.8 Å². The van der Waals surface area contributed by atoms with Crippen LogP contribution in [0.2, 0.25) is 0 Å². The molecule has 7 heteroatoms. The molecule has 0 aliphatic heterocycles. The van der Waals surface area contributed by atoms with E-state index in [0.717, 1.165) is 0 Å². The summed E-state index contributed by atoms with van der Waals surface area (Å²) in [7, 11) is -2.85. The molecule has 2 N–H and O–H groups in total. The first-order valence-corrected chi connectivity index (χ1v) is 6.25. The van der Waals surface area contributed by atoms with Gasteiger partial charge in [0.2, 0.25) is 0 Å². The third kappa shape index (κ3) is 8.35. The normalized spacial score (nSPS) is 10.4. The Kier molecular flexibility index (Phi) is 17.6. The molecule has 0 amide bonds. The molecule has 0 aromatic rings. The molecule has 0 aliphatic carbocycles. The van der Waals surface area contributed by atoms with Crippen molar-refractivity contribution in [2.75, 3.05) is 19.8 Å². The van der Waals surface area contributed by atoms with Crippen molar-refractivity contribution < 1.29 is 40.2 Å². The third-order valence-electron chi connectivity index (χ3n) is 1.23. The second-order valence-electron chi connectivity index (χ2n) is 2.15. The van der Waals surface area contributed by atoms with E-state index in [1.54, 1.807) is 13.5 Å². The van der Waals surface area contributed by atoms with Crippen LogP contribution in [0.1, 0.15) is 27.7 Å². The average Bonchev–Trinajstić information content (AvgIpc) is 2.06. The Morgan fingerprint density at radius 1 is 0.933 bits per heavy atom. The molecule has 0 saturated carbocycles. The van der Waals surface area contributed by atoms with E-state index in [9.17, 15) is 0 Å². The van der Waals surface area contributed by atoms with Crippen molar-refractivity contribution in [3.63, 3.8) is 0 Å². The molecular formula is C8H21FeO5Si-. The minimum atomic E-state index is -2.85. The fraction of sp³-hybridized carbons (Fsp3) is 0.875. The molecule has 0 fully saturated rings. The summed E-state index contributed by atoms with van der Waals surface area (Å²) in [5, 5.41) is 0. The van der Waals surface area contributed by atoms with Gasteiger partial charge in [-0.2, -0.15) is 6.92 Å². The second-order valence-corrected chi connectivity index (χ2v) is 4.25. The van der Waals surface area contributed by atoms with Crippen LogP contribution >= 0.6 is 0 Å². The van der Waals surface area contributed by atoms with Gasteiger partial charge < -0.3 is 23.2 Å². The fourth-order valence-electron chi connectivity index (χ4n) is 0.902. The quantitative estimate of drug-likeness (QED) is 0.489. The molecule has 0 saturated heterocycles. The summed E-state index contributed by atoms with van der Waals surface area (Å²) in [4.78, 5) is 0. The summed E-state index contributed by atoms with van der Waals surface area (Å²) in [6.45, 7) is 10.6. The van der Waals surface area contributed by atoms with E-state index in [2.05, 4.69) is 0 Å². The van der Waals surface area contributed by atoms with Crippen LogP contribution in [0.4, 0.5) is 0 Å². The smallest absolute Gasteiger partial charge is 0.530 e. The molecule has 96 valence electrons. The summed E-state index contributed by atoms with van der Waals surface area (Å²) in [6, 6.07) is 0. The van der Waals surface area contributed by atoms with Gasteiger partial charge in [-0.3, -0.25) is 0 Å². The Morgan fingerprint density at radius 3 is 1.47 bits per heavy atom. The van der Waals surface area contributed by atoms with Gasteiger partial charge in [-0.25, -0.2) is 6.61 Å². The Balaban J connectivity index is -0.000000720. The summed E-state index contributed by atoms with van der Waals surface area (Å²) in [6.07, 6.45) is 0. The standard InChI is InChI=1S/C8H19O4Si.Fe.H2O/c1-5-9-13(10-6-2,11-7-3)12-8-4;;/h5H,6-8H2,1-4H3;;1H2/q-1;;. The second kappa shape index (κ2) is 12.6. The average molecular weight is 281 g/mol. The van der Waals surface area contributed by atoms with Crippen LogP contribution in [0.15, 0.2) is 0 Å². The van der Waals surface area contributed by atoms with Gasteiger partial charge in [0.15, 0.2) is 0 Å². The monoisotopic (exact) mass is 281 g/mol. The Bertz CT molecular complexity index is 98.1. The van der Waals surface area contributed by atoms with E-state index in [0.29, 0.717) is 19.8 Å². The van der Waals surface area contributed by atoms with Crippen LogP contribution in [0.3, 0.4) is 0 Å². The molecule has 0 bridgehead atoms. The van der Waals surface area contributed by atoms with Crippen molar-refractivity contribution in [3.05, 3.63) is 6.61 Å². The molecule has 0 spiro atoms. The molecule has 0 aromatic carbocycles. The number of hydrogen-bond acceptors (Lipinski definition) is 4. The van der Waals surface area contributed by atoms with Gasteiger partial charge in [-0.15, -0.1) is 0 Å². The maximum Gasteiger partial charge on any atom is 0.647 e. The Hall–Kier alpha value is 0.536. The van der Waals surface area contributed by atoms with Crippen molar-refractivity contribution in [1.29, 1.82) is 0 Å². The summed E-state index contributed by atoms with van der Waals surface area (Å²) in [5.41, 5.74) is 0. The fourth-order valence-corrected chi connectivity index (χ4v) is 2.71. The van der Waals surface area contributed by atoms with Gasteiger partial charge in [-0.05, 0) is 20.8 Å². The van der Waals surface area contributed by atoms with Gasteiger partial charge >= 0.3 is 9.05 Å². The van der Waals surface area contributed by atoms with E-state index < -0.39 is 9.05 Å². The van der Waals surface area contributed by atoms with Crippen molar-refractivity contribution >= 4 is 9.05 Å². The Morgan fingerprint density at radius 2 is 1.27 bits per heavy atom. The summed E-state index contributed by atoms with van der Waals surface area (Å²) < 4.78 is 21.5. The molecule has 0 heterocycles. The van der Waals surface area contributed by atoms with Crippen molar-refractivity contribution in [2.45, 2.75) is 27.7 Å². The first kappa shape index (κ1) is 20.9. The van der Waals surface area contributed by atoms with Crippen LogP contribution in [0, 0.1) is 6.61 Å². The van der Waals surface area contributed by atoms with Crippen LogP contribution < -0.4 is 0 Å². The molecule has 5 nitrogen and oxygen atoms in total. The third-order valence-corrected chi connectivity index (χ3v) is 3.68. The van der Waals surface area contributed by atoms with Crippen LogP contribution in [-0.4, -0.2) is 34.3 Å². The maximum atomic E-state index is 5.39. The zero-order valence-electron chi connectivity index (χ0n) is 9.69. The molecule has 0 rings (SSSR count). The first-order valence-electron chi connectivity index (χ1n) is 4.62. The van der Waals surface area contributed by atoms with Crippen molar-refractivity contribution in [1.82, 2.24) is 0 Å². The van der Waals surface area contributed by atoms with Gasteiger partial charge in [0, 0.05) is 36.9 Å². The molecule has 0 aliphatic rings. The SMILES string of the molecule is C[CH-]O[Si](OCC)(OCC)OCC.O.[Fe]. The largest absolute Gasteiger partial charge is 0.647 e.